The second-order valence-corrected chi connectivity index (χ2v) is 6.49. The number of hydrogen-bond acceptors (Lipinski definition) is 2. The topological polar surface area (TPSA) is 46.3 Å². The molecule has 98 valence electrons. The summed E-state index contributed by atoms with van der Waals surface area (Å²) in [4.78, 5) is 14.4. The van der Waals surface area contributed by atoms with Crippen molar-refractivity contribution in [3.8, 4) is 0 Å². The quantitative estimate of drug-likeness (QED) is 0.802. The average Bonchev–Trinajstić information content (AvgIpc) is 2.53. The molecular formula is C14H26N2O. The Bertz CT molecular complexity index is 282. The fourth-order valence-electron chi connectivity index (χ4n) is 3.49. The Morgan fingerprint density at radius 1 is 1.29 bits per heavy atom. The van der Waals surface area contributed by atoms with Gasteiger partial charge in [-0.1, -0.05) is 19.3 Å². The van der Waals surface area contributed by atoms with Gasteiger partial charge in [0.05, 0.1) is 0 Å². The lowest BCUT2D eigenvalue weighted by atomic mass is 9.86. The van der Waals surface area contributed by atoms with Crippen LogP contribution in [-0.2, 0) is 4.79 Å². The Kier molecular flexibility index (Phi) is 3.76. The maximum Gasteiger partial charge on any atom is 0.223 e. The van der Waals surface area contributed by atoms with E-state index < -0.39 is 0 Å². The molecule has 2 N–H and O–H groups in total. The highest BCUT2D eigenvalue weighted by molar-refractivity contribution is 5.77. The van der Waals surface area contributed by atoms with Gasteiger partial charge in [-0.2, -0.15) is 0 Å². The second kappa shape index (κ2) is 4.97. The van der Waals surface area contributed by atoms with Crippen LogP contribution in [0.4, 0.5) is 0 Å². The van der Waals surface area contributed by atoms with Crippen LogP contribution < -0.4 is 5.73 Å². The summed E-state index contributed by atoms with van der Waals surface area (Å²) >= 11 is 0. The van der Waals surface area contributed by atoms with Gasteiger partial charge in [-0.25, -0.2) is 0 Å². The lowest BCUT2D eigenvalue weighted by molar-refractivity contribution is -0.135. The zero-order valence-electron chi connectivity index (χ0n) is 11.2. The number of rotatable bonds is 2. The molecule has 0 aromatic heterocycles. The van der Waals surface area contributed by atoms with E-state index in [2.05, 4.69) is 13.8 Å². The number of amides is 1. The van der Waals surface area contributed by atoms with Crippen molar-refractivity contribution in [2.45, 2.75) is 70.4 Å². The smallest absolute Gasteiger partial charge is 0.223 e. The van der Waals surface area contributed by atoms with Crippen molar-refractivity contribution in [2.75, 3.05) is 6.54 Å². The van der Waals surface area contributed by atoms with Crippen LogP contribution in [0, 0.1) is 5.92 Å². The highest BCUT2D eigenvalue weighted by Crippen LogP contribution is 2.32. The lowest BCUT2D eigenvalue weighted by Gasteiger charge is -2.33. The first-order valence-corrected chi connectivity index (χ1v) is 7.05. The van der Waals surface area contributed by atoms with E-state index in [1.165, 1.54) is 32.1 Å². The molecule has 1 atom stereocenters. The van der Waals surface area contributed by atoms with Crippen molar-refractivity contribution >= 4 is 5.91 Å². The third-order valence-electron chi connectivity index (χ3n) is 4.40. The summed E-state index contributed by atoms with van der Waals surface area (Å²) in [5, 5.41) is 0. The summed E-state index contributed by atoms with van der Waals surface area (Å²) in [7, 11) is 0. The van der Waals surface area contributed by atoms with Crippen LogP contribution in [0.5, 0.6) is 0 Å². The van der Waals surface area contributed by atoms with Gasteiger partial charge in [0, 0.05) is 24.5 Å². The molecule has 1 unspecified atom stereocenters. The predicted octanol–water partition coefficient (Wildman–Crippen LogP) is 2.29. The molecule has 0 radical (unpaired) electrons. The molecule has 0 aromatic carbocycles. The maximum atomic E-state index is 12.3. The molecule has 1 saturated heterocycles. The van der Waals surface area contributed by atoms with Crippen molar-refractivity contribution in [3.63, 3.8) is 0 Å². The number of carbonyl (C=O) groups is 1. The molecule has 0 aromatic rings. The number of hydrogen-bond donors (Lipinski definition) is 1. The molecule has 2 fully saturated rings. The van der Waals surface area contributed by atoms with E-state index in [1.54, 1.807) is 0 Å². The zero-order valence-corrected chi connectivity index (χ0v) is 11.2. The molecule has 2 rings (SSSR count). The number of nitrogens with zero attached hydrogens (tertiary/aromatic N) is 1. The van der Waals surface area contributed by atoms with Crippen molar-refractivity contribution in [2.24, 2.45) is 11.7 Å². The molecule has 1 heterocycles. The highest BCUT2D eigenvalue weighted by Gasteiger charge is 2.39. The van der Waals surface area contributed by atoms with E-state index in [9.17, 15) is 4.79 Å². The average molecular weight is 238 g/mol. The molecule has 1 saturated carbocycles. The van der Waals surface area contributed by atoms with Gasteiger partial charge in [-0.3, -0.25) is 4.79 Å². The highest BCUT2D eigenvalue weighted by atomic mass is 16.2. The number of likely N-dealkylation sites (tertiary alicyclic amines) is 1. The van der Waals surface area contributed by atoms with E-state index in [4.69, 9.17) is 5.73 Å². The monoisotopic (exact) mass is 238 g/mol. The third kappa shape index (κ3) is 3.01. The van der Waals surface area contributed by atoms with Gasteiger partial charge >= 0.3 is 0 Å². The zero-order chi connectivity index (χ0) is 12.5. The van der Waals surface area contributed by atoms with Crippen LogP contribution in [0.3, 0.4) is 0 Å². The summed E-state index contributed by atoms with van der Waals surface area (Å²) in [6.07, 6.45) is 8.13. The van der Waals surface area contributed by atoms with Gasteiger partial charge in [0.1, 0.15) is 0 Å². The van der Waals surface area contributed by atoms with Gasteiger partial charge in [-0.05, 0) is 39.0 Å². The van der Waals surface area contributed by atoms with Crippen LogP contribution in [0.15, 0.2) is 0 Å². The van der Waals surface area contributed by atoms with Gasteiger partial charge in [-0.15, -0.1) is 0 Å². The van der Waals surface area contributed by atoms with Crippen LogP contribution in [0.25, 0.3) is 0 Å². The summed E-state index contributed by atoms with van der Waals surface area (Å²) in [5.41, 5.74) is 5.94. The molecule has 3 heteroatoms. The predicted molar refractivity (Wildman–Crippen MR) is 69.6 cm³/mol. The minimum Gasteiger partial charge on any atom is -0.336 e. The second-order valence-electron chi connectivity index (χ2n) is 6.49. The summed E-state index contributed by atoms with van der Waals surface area (Å²) in [6.45, 7) is 5.02. The fraction of sp³-hybridized carbons (Fsp3) is 0.929. The van der Waals surface area contributed by atoms with Gasteiger partial charge in [0.25, 0.3) is 0 Å². The Balaban J connectivity index is 1.91. The Morgan fingerprint density at radius 3 is 2.47 bits per heavy atom. The molecule has 1 amide bonds. The molecule has 1 aliphatic carbocycles. The third-order valence-corrected chi connectivity index (χ3v) is 4.40. The molecule has 0 spiro atoms. The molecule has 1 aliphatic heterocycles. The summed E-state index contributed by atoms with van der Waals surface area (Å²) in [5.74, 6) is 0.957. The van der Waals surface area contributed by atoms with Crippen molar-refractivity contribution in [3.05, 3.63) is 0 Å². The first-order chi connectivity index (χ1) is 7.99. The van der Waals surface area contributed by atoms with Crippen LogP contribution in [0.1, 0.15) is 58.8 Å². The SMILES string of the molecule is CC1(C)CC(N)CN1C(=O)CC1CCCCC1. The van der Waals surface area contributed by atoms with E-state index >= 15 is 0 Å². The molecule has 2 aliphatic rings. The normalized spacial score (nSPS) is 29.6. The minimum absolute atomic E-state index is 0.0365. The number of nitrogens with two attached hydrogens (primary N) is 1. The molecule has 3 nitrogen and oxygen atoms in total. The van der Waals surface area contributed by atoms with Gasteiger partial charge in [0.15, 0.2) is 0 Å². The molecule has 17 heavy (non-hydrogen) atoms. The molecular weight excluding hydrogens is 212 g/mol. The standard InChI is InChI=1S/C14H26N2O/c1-14(2)9-12(15)10-16(14)13(17)8-11-6-4-3-5-7-11/h11-12H,3-10,15H2,1-2H3. The largest absolute Gasteiger partial charge is 0.336 e. The van der Waals surface area contributed by atoms with Crippen LogP contribution in [0.2, 0.25) is 0 Å². The first-order valence-electron chi connectivity index (χ1n) is 7.05. The van der Waals surface area contributed by atoms with E-state index in [0.29, 0.717) is 11.8 Å². The Labute approximate surface area is 105 Å². The van der Waals surface area contributed by atoms with Gasteiger partial charge < -0.3 is 10.6 Å². The first kappa shape index (κ1) is 12.9. The summed E-state index contributed by atoms with van der Waals surface area (Å²) < 4.78 is 0. The van der Waals surface area contributed by atoms with E-state index in [-0.39, 0.29) is 11.6 Å². The lowest BCUT2D eigenvalue weighted by Crippen LogP contribution is -2.43. The van der Waals surface area contributed by atoms with Crippen LogP contribution in [-0.4, -0.2) is 28.9 Å². The Hall–Kier alpha value is -0.570. The Morgan fingerprint density at radius 2 is 1.94 bits per heavy atom. The summed E-state index contributed by atoms with van der Waals surface area (Å²) in [6, 6.07) is 0.167. The van der Waals surface area contributed by atoms with Crippen molar-refractivity contribution < 1.29 is 4.79 Å². The molecule has 0 bridgehead atoms. The maximum absolute atomic E-state index is 12.3. The van der Waals surface area contributed by atoms with Crippen molar-refractivity contribution in [1.82, 2.24) is 4.90 Å². The minimum atomic E-state index is -0.0365. The van der Waals surface area contributed by atoms with Gasteiger partial charge in [0.2, 0.25) is 5.91 Å². The van der Waals surface area contributed by atoms with E-state index in [0.717, 1.165) is 19.4 Å². The van der Waals surface area contributed by atoms with E-state index in [1.807, 2.05) is 4.90 Å². The number of carbonyl (C=O) groups excluding carboxylic acids is 1. The van der Waals surface area contributed by atoms with Crippen molar-refractivity contribution in [1.29, 1.82) is 0 Å². The fourth-order valence-corrected chi connectivity index (χ4v) is 3.49. The van der Waals surface area contributed by atoms with Crippen LogP contribution >= 0.6 is 0 Å².